The maximum absolute atomic E-state index is 12.4. The first-order valence-electron chi connectivity index (χ1n) is 26.5. The number of rotatable bonds is 48. The molecule has 0 heterocycles. The highest BCUT2D eigenvalue weighted by atomic mass is 16.3. The number of allylic oxidation sites excluding steroid dienone is 9. The van der Waals surface area contributed by atoms with Crippen LogP contribution in [0, 0.1) is 0 Å². The lowest BCUT2D eigenvalue weighted by atomic mass is 10.0. The van der Waals surface area contributed by atoms with E-state index in [0.29, 0.717) is 6.42 Å². The molecule has 4 nitrogen and oxygen atoms in total. The second-order valence-electron chi connectivity index (χ2n) is 17.9. The summed E-state index contributed by atoms with van der Waals surface area (Å²) in [5, 5.41) is 23.0. The average Bonchev–Trinajstić information content (AvgIpc) is 3.25. The summed E-state index contributed by atoms with van der Waals surface area (Å²) in [6.07, 6.45) is 72.4. The molecule has 0 fully saturated rings. The molecule has 0 radical (unpaired) electrons. The van der Waals surface area contributed by atoms with E-state index in [1.165, 1.54) is 199 Å². The van der Waals surface area contributed by atoms with Gasteiger partial charge < -0.3 is 15.5 Å². The van der Waals surface area contributed by atoms with Crippen LogP contribution in [-0.4, -0.2) is 34.9 Å². The van der Waals surface area contributed by atoms with Crippen LogP contribution < -0.4 is 5.32 Å². The minimum absolute atomic E-state index is 0.0624. The van der Waals surface area contributed by atoms with Gasteiger partial charge in [0.1, 0.15) is 0 Å². The molecule has 0 aromatic carbocycles. The lowest BCUT2D eigenvalue weighted by Crippen LogP contribution is -2.45. The summed E-state index contributed by atoms with van der Waals surface area (Å²) in [5.41, 5.74) is 0. The van der Waals surface area contributed by atoms with Gasteiger partial charge >= 0.3 is 0 Å². The number of carbonyl (C=O) groups is 1. The van der Waals surface area contributed by atoms with Crippen molar-refractivity contribution in [2.45, 2.75) is 283 Å². The van der Waals surface area contributed by atoms with Gasteiger partial charge in [0.05, 0.1) is 18.8 Å². The van der Waals surface area contributed by atoms with Gasteiger partial charge in [-0.05, 0) is 57.8 Å². The van der Waals surface area contributed by atoms with Gasteiger partial charge in [0.25, 0.3) is 0 Å². The van der Waals surface area contributed by atoms with Crippen LogP contribution in [0.1, 0.15) is 271 Å². The number of nitrogens with one attached hydrogen (secondary N) is 1. The fourth-order valence-electron chi connectivity index (χ4n) is 7.99. The van der Waals surface area contributed by atoms with Crippen LogP contribution in [0.5, 0.6) is 0 Å². The normalized spacial score (nSPS) is 13.3. The predicted molar refractivity (Wildman–Crippen MR) is 267 cm³/mol. The van der Waals surface area contributed by atoms with Gasteiger partial charge in [-0.25, -0.2) is 0 Å². The van der Waals surface area contributed by atoms with Crippen molar-refractivity contribution in [1.82, 2.24) is 5.32 Å². The van der Waals surface area contributed by atoms with Crippen molar-refractivity contribution in [3.05, 3.63) is 60.8 Å². The van der Waals surface area contributed by atoms with Gasteiger partial charge in [0, 0.05) is 6.42 Å². The SMILES string of the molecule is CC/C=C\C/C=C\C/C=C\C/C=C\CCCCCCCCCCCCCCCCCCCCCCCCCCC(=O)NC(CO)C(O)/C=C/CCCCCCCCCCC. The lowest BCUT2D eigenvalue weighted by Gasteiger charge is -2.20. The Kier molecular flexibility index (Phi) is 49.8. The Hall–Kier alpha value is -1.91. The standard InChI is InChI=1S/C56H103NO3/c1-3-5-7-9-11-13-15-16-17-18-19-20-21-22-23-24-25-26-27-28-29-30-31-32-33-34-35-36-37-38-39-40-42-44-46-48-50-52-56(60)57-54(53-58)55(59)51-49-47-45-43-41-14-12-10-8-6-4-2/h5,7,11,13,16-17,19-20,49,51,54-55,58-59H,3-4,6,8-10,12,14-15,18,21-48,50,52-53H2,1-2H3,(H,57,60)/b7-5-,13-11-,17-16-,20-19-,51-49+. The van der Waals surface area contributed by atoms with Gasteiger partial charge in [0.15, 0.2) is 0 Å². The first kappa shape index (κ1) is 58.1. The molecule has 0 saturated heterocycles. The van der Waals surface area contributed by atoms with E-state index in [1.54, 1.807) is 6.08 Å². The molecule has 1 amide bonds. The number of hydrogen-bond acceptors (Lipinski definition) is 3. The van der Waals surface area contributed by atoms with E-state index in [2.05, 4.69) is 67.8 Å². The van der Waals surface area contributed by atoms with Crippen LogP contribution >= 0.6 is 0 Å². The number of hydrogen-bond donors (Lipinski definition) is 3. The third-order valence-corrected chi connectivity index (χ3v) is 12.0. The van der Waals surface area contributed by atoms with Crippen LogP contribution in [-0.2, 0) is 4.79 Å². The summed E-state index contributed by atoms with van der Waals surface area (Å²) >= 11 is 0. The number of aliphatic hydroxyl groups excluding tert-OH is 2. The number of amides is 1. The quantitative estimate of drug-likeness (QED) is 0.0422. The third kappa shape index (κ3) is 47.1. The monoisotopic (exact) mass is 838 g/mol. The van der Waals surface area contributed by atoms with E-state index < -0.39 is 12.1 Å². The average molecular weight is 838 g/mol. The molecule has 3 N–H and O–H groups in total. The Morgan fingerprint density at radius 1 is 0.417 bits per heavy atom. The Bertz CT molecular complexity index is 996. The van der Waals surface area contributed by atoms with E-state index in [1.807, 2.05) is 6.08 Å². The van der Waals surface area contributed by atoms with Crippen LogP contribution in [0.2, 0.25) is 0 Å². The molecule has 0 aromatic heterocycles. The zero-order valence-electron chi connectivity index (χ0n) is 40.2. The molecule has 0 spiro atoms. The maximum atomic E-state index is 12.4. The number of unbranched alkanes of at least 4 members (excludes halogenated alkanes) is 33. The van der Waals surface area contributed by atoms with Gasteiger partial charge in [-0.2, -0.15) is 0 Å². The summed E-state index contributed by atoms with van der Waals surface area (Å²) in [5.74, 6) is -0.0624. The van der Waals surface area contributed by atoms with Crippen molar-refractivity contribution in [1.29, 1.82) is 0 Å². The molecule has 60 heavy (non-hydrogen) atoms. The summed E-state index contributed by atoms with van der Waals surface area (Å²) in [6, 6.07) is -0.619. The second-order valence-corrected chi connectivity index (χ2v) is 17.9. The topological polar surface area (TPSA) is 69.6 Å². The van der Waals surface area contributed by atoms with Gasteiger partial charge in [-0.1, -0.05) is 267 Å². The van der Waals surface area contributed by atoms with Crippen molar-refractivity contribution >= 4 is 5.91 Å². The smallest absolute Gasteiger partial charge is 0.220 e. The Labute approximate surface area is 375 Å². The molecule has 4 heteroatoms. The van der Waals surface area contributed by atoms with Gasteiger partial charge in [-0.3, -0.25) is 4.79 Å². The first-order valence-corrected chi connectivity index (χ1v) is 26.5. The van der Waals surface area contributed by atoms with Crippen LogP contribution in [0.15, 0.2) is 60.8 Å². The van der Waals surface area contributed by atoms with E-state index >= 15 is 0 Å². The van der Waals surface area contributed by atoms with Gasteiger partial charge in [-0.15, -0.1) is 0 Å². The van der Waals surface area contributed by atoms with Crippen LogP contribution in [0.4, 0.5) is 0 Å². The molecule has 2 unspecified atom stereocenters. The van der Waals surface area contributed by atoms with Crippen molar-refractivity contribution in [2.24, 2.45) is 0 Å². The highest BCUT2D eigenvalue weighted by Gasteiger charge is 2.18. The second kappa shape index (κ2) is 51.4. The zero-order chi connectivity index (χ0) is 43.5. The number of carbonyl (C=O) groups excluding carboxylic acids is 1. The summed E-state index contributed by atoms with van der Waals surface area (Å²) in [6.45, 7) is 4.19. The molecule has 0 aliphatic carbocycles. The van der Waals surface area contributed by atoms with E-state index in [0.717, 1.165) is 51.4 Å². The zero-order valence-corrected chi connectivity index (χ0v) is 40.2. The van der Waals surface area contributed by atoms with Crippen molar-refractivity contribution in [2.75, 3.05) is 6.61 Å². The molecule has 0 aliphatic rings. The van der Waals surface area contributed by atoms with Crippen LogP contribution in [0.25, 0.3) is 0 Å². The molecule has 0 saturated carbocycles. The minimum Gasteiger partial charge on any atom is -0.394 e. The Morgan fingerprint density at radius 2 is 0.733 bits per heavy atom. The summed E-state index contributed by atoms with van der Waals surface area (Å²) in [4.78, 5) is 12.4. The highest BCUT2D eigenvalue weighted by Crippen LogP contribution is 2.17. The van der Waals surface area contributed by atoms with Crippen molar-refractivity contribution in [3.8, 4) is 0 Å². The molecular weight excluding hydrogens is 735 g/mol. The van der Waals surface area contributed by atoms with Gasteiger partial charge in [0.2, 0.25) is 5.91 Å². The van der Waals surface area contributed by atoms with E-state index in [9.17, 15) is 15.0 Å². The largest absolute Gasteiger partial charge is 0.394 e. The molecule has 0 bridgehead atoms. The summed E-state index contributed by atoms with van der Waals surface area (Å²) in [7, 11) is 0. The minimum atomic E-state index is -0.836. The fourth-order valence-corrected chi connectivity index (χ4v) is 7.99. The molecule has 0 aliphatic heterocycles. The summed E-state index contributed by atoms with van der Waals surface area (Å²) < 4.78 is 0. The van der Waals surface area contributed by atoms with E-state index in [4.69, 9.17) is 0 Å². The Balaban J connectivity index is 3.39. The predicted octanol–water partition coefficient (Wildman–Crippen LogP) is 17.2. The Morgan fingerprint density at radius 3 is 1.10 bits per heavy atom. The van der Waals surface area contributed by atoms with E-state index in [-0.39, 0.29) is 12.5 Å². The molecule has 350 valence electrons. The maximum Gasteiger partial charge on any atom is 0.220 e. The first-order chi connectivity index (χ1) is 29.7. The molecule has 0 rings (SSSR count). The molecule has 2 atom stereocenters. The highest BCUT2D eigenvalue weighted by molar-refractivity contribution is 5.76. The van der Waals surface area contributed by atoms with Crippen molar-refractivity contribution in [3.63, 3.8) is 0 Å². The lowest BCUT2D eigenvalue weighted by molar-refractivity contribution is -0.123. The van der Waals surface area contributed by atoms with Crippen molar-refractivity contribution < 1.29 is 15.0 Å². The van der Waals surface area contributed by atoms with Crippen LogP contribution in [0.3, 0.4) is 0 Å². The third-order valence-electron chi connectivity index (χ3n) is 12.0. The number of aliphatic hydroxyl groups is 2. The molecule has 0 aromatic rings. The molecular formula is C56H103NO3. The fraction of sp³-hybridized carbons (Fsp3) is 0.804.